The number of ether oxygens (including phenoxy) is 1. The fourth-order valence-electron chi connectivity index (χ4n) is 4.59. The van der Waals surface area contributed by atoms with Gasteiger partial charge in [0, 0.05) is 63.5 Å². The van der Waals surface area contributed by atoms with Gasteiger partial charge in [-0.2, -0.15) is 0 Å². The summed E-state index contributed by atoms with van der Waals surface area (Å²) >= 11 is 0. The quantitative estimate of drug-likeness (QED) is 0.419. The van der Waals surface area contributed by atoms with E-state index in [1.807, 2.05) is 30.3 Å². The van der Waals surface area contributed by atoms with Crippen molar-refractivity contribution in [2.75, 3.05) is 39.9 Å². The predicted octanol–water partition coefficient (Wildman–Crippen LogP) is 1.68. The van der Waals surface area contributed by atoms with Gasteiger partial charge in [-0.3, -0.25) is 14.4 Å². The summed E-state index contributed by atoms with van der Waals surface area (Å²) in [5.74, 6) is -1.35. The Kier molecular flexibility index (Phi) is 8.52. The summed E-state index contributed by atoms with van der Waals surface area (Å²) in [4.78, 5) is 60.9. The first-order valence-corrected chi connectivity index (χ1v) is 12.5. The SMILES string of the molecule is COC[C@H]1C[C@@H]1c1cc(C(=O)N[C@@H](CCC(=O)O)C(=O)N2CCN(C(=O)O)CC2)nc(-c2ccccc2)n1. The molecule has 0 radical (unpaired) electrons. The second-order valence-electron chi connectivity index (χ2n) is 9.48. The zero-order valence-corrected chi connectivity index (χ0v) is 21.1. The summed E-state index contributed by atoms with van der Waals surface area (Å²) in [5, 5.41) is 21.0. The van der Waals surface area contributed by atoms with Crippen molar-refractivity contribution in [1.82, 2.24) is 25.1 Å². The zero-order chi connectivity index (χ0) is 27.2. The first-order chi connectivity index (χ1) is 18.3. The molecule has 12 nitrogen and oxygen atoms in total. The summed E-state index contributed by atoms with van der Waals surface area (Å²) in [6.45, 7) is 1.17. The molecule has 2 heterocycles. The molecule has 1 saturated carbocycles. The molecule has 2 aromatic rings. The summed E-state index contributed by atoms with van der Waals surface area (Å²) in [7, 11) is 1.64. The molecule has 1 saturated heterocycles. The number of aliphatic carboxylic acids is 1. The molecule has 0 spiro atoms. The van der Waals surface area contributed by atoms with Gasteiger partial charge >= 0.3 is 12.1 Å². The third-order valence-electron chi connectivity index (χ3n) is 6.81. The minimum Gasteiger partial charge on any atom is -0.481 e. The number of hydrogen-bond donors (Lipinski definition) is 3. The summed E-state index contributed by atoms with van der Waals surface area (Å²) in [5.41, 5.74) is 1.53. The van der Waals surface area contributed by atoms with Gasteiger partial charge in [-0.1, -0.05) is 30.3 Å². The average molecular weight is 526 g/mol. The fraction of sp³-hybridized carbons (Fsp3) is 0.462. The first kappa shape index (κ1) is 27.0. The molecule has 12 heteroatoms. The van der Waals surface area contributed by atoms with Gasteiger partial charge in [0.2, 0.25) is 5.91 Å². The van der Waals surface area contributed by atoms with Crippen LogP contribution >= 0.6 is 0 Å². The van der Waals surface area contributed by atoms with E-state index in [-0.39, 0.29) is 50.6 Å². The van der Waals surface area contributed by atoms with Gasteiger partial charge in [0.25, 0.3) is 5.91 Å². The van der Waals surface area contributed by atoms with E-state index < -0.39 is 29.9 Å². The Hall–Kier alpha value is -4.06. The molecule has 0 bridgehead atoms. The van der Waals surface area contributed by atoms with E-state index in [1.54, 1.807) is 13.2 Å². The standard InChI is InChI=1S/C26H31N5O7/c1-38-15-17-13-18(17)20-14-21(28-23(27-20)16-5-3-2-4-6-16)24(34)29-19(7-8-22(32)33)25(35)30-9-11-31(12-10-30)26(36)37/h2-6,14,17-19H,7-13,15H2,1H3,(H,29,34)(H,32,33)(H,36,37)/t17-,18+,19+/m1/s1. The molecule has 3 N–H and O–H groups in total. The van der Waals surface area contributed by atoms with Crippen LogP contribution in [-0.2, 0) is 14.3 Å². The Balaban J connectivity index is 1.56. The number of rotatable bonds is 10. The number of benzene rings is 1. The molecule has 2 fully saturated rings. The van der Waals surface area contributed by atoms with Gasteiger partial charge in [0.15, 0.2) is 5.82 Å². The molecule has 0 unspecified atom stereocenters. The van der Waals surface area contributed by atoms with Crippen LogP contribution in [0.15, 0.2) is 36.4 Å². The minimum absolute atomic E-state index is 0.0840. The second-order valence-corrected chi connectivity index (χ2v) is 9.48. The Morgan fingerprint density at radius 3 is 2.37 bits per heavy atom. The lowest BCUT2D eigenvalue weighted by Crippen LogP contribution is -2.55. The first-order valence-electron chi connectivity index (χ1n) is 12.5. The highest BCUT2D eigenvalue weighted by molar-refractivity contribution is 5.96. The van der Waals surface area contributed by atoms with Crippen molar-refractivity contribution in [3.05, 3.63) is 47.8 Å². The van der Waals surface area contributed by atoms with Gasteiger partial charge < -0.3 is 30.1 Å². The summed E-state index contributed by atoms with van der Waals surface area (Å²) in [6.07, 6.45) is -0.620. The highest BCUT2D eigenvalue weighted by atomic mass is 16.5. The van der Waals surface area contributed by atoms with Crippen molar-refractivity contribution in [3.63, 3.8) is 0 Å². The van der Waals surface area contributed by atoms with E-state index in [0.717, 1.165) is 12.0 Å². The van der Waals surface area contributed by atoms with Crippen molar-refractivity contribution in [1.29, 1.82) is 0 Å². The molecule has 38 heavy (non-hydrogen) atoms. The van der Waals surface area contributed by atoms with Crippen LogP contribution in [0.3, 0.4) is 0 Å². The van der Waals surface area contributed by atoms with Crippen molar-refractivity contribution >= 4 is 23.9 Å². The molecule has 1 aromatic carbocycles. The molecular formula is C26H31N5O7. The second kappa shape index (κ2) is 12.0. The normalized spacial score (nSPS) is 19.5. The molecule has 3 amide bonds. The Morgan fingerprint density at radius 1 is 1.05 bits per heavy atom. The molecule has 3 atom stereocenters. The number of carbonyl (C=O) groups is 4. The number of amides is 3. The largest absolute Gasteiger partial charge is 0.481 e. The molecule has 1 aromatic heterocycles. The number of carboxylic acids is 1. The monoisotopic (exact) mass is 525 g/mol. The van der Waals surface area contributed by atoms with E-state index >= 15 is 0 Å². The Bertz CT molecular complexity index is 1180. The van der Waals surface area contributed by atoms with E-state index in [0.29, 0.717) is 24.0 Å². The van der Waals surface area contributed by atoms with Gasteiger partial charge in [-0.15, -0.1) is 0 Å². The van der Waals surface area contributed by atoms with Crippen molar-refractivity contribution in [2.24, 2.45) is 5.92 Å². The van der Waals surface area contributed by atoms with Crippen molar-refractivity contribution in [3.8, 4) is 11.4 Å². The zero-order valence-electron chi connectivity index (χ0n) is 21.1. The lowest BCUT2D eigenvalue weighted by Gasteiger charge is -2.35. The topological polar surface area (TPSA) is 162 Å². The molecule has 202 valence electrons. The maximum atomic E-state index is 13.4. The number of carbonyl (C=O) groups excluding carboxylic acids is 2. The summed E-state index contributed by atoms with van der Waals surface area (Å²) in [6, 6.07) is 9.77. The number of piperazine rings is 1. The van der Waals surface area contributed by atoms with Crippen LogP contribution in [0.4, 0.5) is 4.79 Å². The highest BCUT2D eigenvalue weighted by Gasteiger charge is 2.40. The number of hydrogen-bond acceptors (Lipinski definition) is 7. The lowest BCUT2D eigenvalue weighted by molar-refractivity contribution is -0.138. The van der Waals surface area contributed by atoms with E-state index in [9.17, 15) is 24.3 Å². The van der Waals surface area contributed by atoms with Crippen LogP contribution in [-0.4, -0.2) is 99.8 Å². The fourth-order valence-corrected chi connectivity index (χ4v) is 4.59. The number of nitrogens with one attached hydrogen (secondary N) is 1. The molecule has 1 aliphatic carbocycles. The van der Waals surface area contributed by atoms with Gasteiger partial charge in [-0.25, -0.2) is 14.8 Å². The van der Waals surface area contributed by atoms with Crippen LogP contribution in [0.5, 0.6) is 0 Å². The molecule has 1 aliphatic heterocycles. The average Bonchev–Trinajstić information content (AvgIpc) is 3.70. The van der Waals surface area contributed by atoms with Gasteiger partial charge in [0.05, 0.1) is 0 Å². The maximum Gasteiger partial charge on any atom is 0.407 e. The minimum atomic E-state index is -1.10. The van der Waals surface area contributed by atoms with E-state index in [1.165, 1.54) is 9.80 Å². The van der Waals surface area contributed by atoms with Crippen molar-refractivity contribution in [2.45, 2.75) is 31.2 Å². The molecule has 4 rings (SSSR count). The van der Waals surface area contributed by atoms with Crippen LogP contribution in [0, 0.1) is 5.92 Å². The van der Waals surface area contributed by atoms with Crippen LogP contribution in [0.2, 0.25) is 0 Å². The van der Waals surface area contributed by atoms with Crippen LogP contribution in [0.1, 0.15) is 41.4 Å². The summed E-state index contributed by atoms with van der Waals surface area (Å²) < 4.78 is 5.26. The maximum absolute atomic E-state index is 13.4. The molecule has 2 aliphatic rings. The van der Waals surface area contributed by atoms with Crippen LogP contribution in [0.25, 0.3) is 11.4 Å². The predicted molar refractivity (Wildman–Crippen MR) is 134 cm³/mol. The number of methoxy groups -OCH3 is 1. The number of aromatic nitrogens is 2. The number of carboxylic acid groups (broad SMARTS) is 2. The lowest BCUT2D eigenvalue weighted by atomic mass is 10.1. The number of nitrogens with zero attached hydrogens (tertiary/aromatic N) is 4. The van der Waals surface area contributed by atoms with Gasteiger partial charge in [-0.05, 0) is 24.8 Å². The molecular weight excluding hydrogens is 494 g/mol. The van der Waals surface area contributed by atoms with E-state index in [2.05, 4.69) is 10.3 Å². The Labute approximate surface area is 219 Å². The highest BCUT2D eigenvalue weighted by Crippen LogP contribution is 2.47. The van der Waals surface area contributed by atoms with Crippen molar-refractivity contribution < 1.29 is 34.1 Å². The third-order valence-corrected chi connectivity index (χ3v) is 6.81. The van der Waals surface area contributed by atoms with Gasteiger partial charge in [0.1, 0.15) is 11.7 Å². The van der Waals surface area contributed by atoms with Crippen LogP contribution < -0.4 is 5.32 Å². The smallest absolute Gasteiger partial charge is 0.407 e. The third kappa shape index (κ3) is 6.62. The van der Waals surface area contributed by atoms with E-state index in [4.69, 9.17) is 14.8 Å². The Morgan fingerprint density at radius 2 is 1.74 bits per heavy atom.